The smallest absolute Gasteiger partial charge is 0.216 e. The van der Waals surface area contributed by atoms with E-state index < -0.39 is 0 Å². The van der Waals surface area contributed by atoms with Gasteiger partial charge in [-0.15, -0.1) is 53.6 Å². The van der Waals surface area contributed by atoms with E-state index in [1.54, 1.807) is 0 Å². The minimum atomic E-state index is 0. The van der Waals surface area contributed by atoms with Gasteiger partial charge in [-0.25, -0.2) is 4.98 Å². The molecule has 0 aliphatic rings. The first-order chi connectivity index (χ1) is 25.9. The summed E-state index contributed by atoms with van der Waals surface area (Å²) in [5, 5.41) is 2.03. The molecule has 279 valence electrons. The molecular formula is C50H47IrN3O-2. The van der Waals surface area contributed by atoms with Crippen LogP contribution in [0.3, 0.4) is 0 Å². The first-order valence-electron chi connectivity index (χ1n) is 18.6. The number of nitrogens with zero attached hydrogens (tertiary/aromatic N) is 3. The molecule has 4 aromatic carbocycles. The number of pyridine rings is 3. The monoisotopic (exact) mass is 898 g/mol. The van der Waals surface area contributed by atoms with Crippen molar-refractivity contribution in [3.05, 3.63) is 161 Å². The molecule has 0 spiro atoms. The largest absolute Gasteiger partial charge is 0.486 e. The quantitative estimate of drug-likeness (QED) is 0.162. The zero-order chi connectivity index (χ0) is 38.1. The van der Waals surface area contributed by atoms with Crippen LogP contribution in [-0.2, 0) is 26.5 Å². The third-order valence-corrected chi connectivity index (χ3v) is 10.1. The van der Waals surface area contributed by atoms with E-state index in [0.717, 1.165) is 56.5 Å². The van der Waals surface area contributed by atoms with Gasteiger partial charge in [0.25, 0.3) is 0 Å². The van der Waals surface area contributed by atoms with Crippen LogP contribution >= 0.6 is 0 Å². The maximum Gasteiger partial charge on any atom is 0.216 e. The average Bonchev–Trinajstić information content (AvgIpc) is 3.52. The van der Waals surface area contributed by atoms with Gasteiger partial charge in [-0.3, -0.25) is 0 Å². The number of aryl methyl sites for hydroxylation is 5. The molecule has 0 fully saturated rings. The fraction of sp³-hybridized carbons (Fsp3) is 0.220. The second-order valence-electron chi connectivity index (χ2n) is 15.7. The van der Waals surface area contributed by atoms with Gasteiger partial charge < -0.3 is 14.4 Å². The Bertz CT molecular complexity index is 2620. The minimum absolute atomic E-state index is 0. The van der Waals surface area contributed by atoms with Crippen LogP contribution in [0.25, 0.3) is 67.0 Å². The van der Waals surface area contributed by atoms with Gasteiger partial charge in [0.15, 0.2) is 0 Å². The van der Waals surface area contributed by atoms with Crippen molar-refractivity contribution in [3.8, 4) is 44.9 Å². The van der Waals surface area contributed by atoms with Crippen LogP contribution in [-0.4, -0.2) is 15.0 Å². The molecule has 0 saturated heterocycles. The molecule has 55 heavy (non-hydrogen) atoms. The number of benzene rings is 4. The summed E-state index contributed by atoms with van der Waals surface area (Å²) >= 11 is 0. The Kier molecular flexibility index (Phi) is 11.7. The van der Waals surface area contributed by atoms with E-state index in [1.165, 1.54) is 50.1 Å². The molecule has 0 N–H and O–H groups in total. The molecule has 4 heterocycles. The molecule has 0 aliphatic heterocycles. The number of hydrogen-bond donors (Lipinski definition) is 0. The standard InChI is InChI=1S/C36H33N2O.C14H14N.Ir/c1-22-15-16-27(25-11-8-7-9-12-25)24(3)33(22)31-18-17-29-28-13-10-14-30(34(28)39-35(29)38-31)32-19-23(2)26(21-37-32)20-36(4,5)6;1-10-4-6-13(7-5-10)14-8-11(2)12(3)9-15-14;/h7-13,15-19,21H,20H2,1-6H3;4-6,8-9H,1-3H3;/q2*-1;. The third-order valence-electron chi connectivity index (χ3n) is 10.1. The van der Waals surface area contributed by atoms with Crippen molar-refractivity contribution in [2.45, 2.75) is 68.7 Å². The average molecular weight is 898 g/mol. The van der Waals surface area contributed by atoms with Crippen LogP contribution in [0.2, 0.25) is 0 Å². The van der Waals surface area contributed by atoms with Crippen molar-refractivity contribution < 1.29 is 24.5 Å². The van der Waals surface area contributed by atoms with Crippen molar-refractivity contribution in [1.29, 1.82) is 0 Å². The van der Waals surface area contributed by atoms with Crippen LogP contribution in [0.1, 0.15) is 59.7 Å². The third kappa shape index (κ3) is 8.54. The molecule has 8 aromatic rings. The van der Waals surface area contributed by atoms with Crippen LogP contribution < -0.4 is 0 Å². The van der Waals surface area contributed by atoms with E-state index in [9.17, 15) is 0 Å². The van der Waals surface area contributed by atoms with Crippen LogP contribution in [0, 0.1) is 59.1 Å². The van der Waals surface area contributed by atoms with E-state index >= 15 is 0 Å². The minimum Gasteiger partial charge on any atom is -0.486 e. The Balaban J connectivity index is 0.000000270. The van der Waals surface area contributed by atoms with Gasteiger partial charge in [0.2, 0.25) is 5.71 Å². The number of furan rings is 1. The van der Waals surface area contributed by atoms with Crippen LogP contribution in [0.5, 0.6) is 0 Å². The maximum absolute atomic E-state index is 6.46. The molecule has 0 amide bonds. The van der Waals surface area contributed by atoms with Gasteiger partial charge in [-0.2, -0.15) is 0 Å². The molecule has 0 saturated carbocycles. The van der Waals surface area contributed by atoms with Crippen LogP contribution in [0.15, 0.2) is 114 Å². The summed E-state index contributed by atoms with van der Waals surface area (Å²) in [4.78, 5) is 14.3. The van der Waals surface area contributed by atoms with E-state index in [2.05, 4.69) is 158 Å². The van der Waals surface area contributed by atoms with E-state index in [-0.39, 0.29) is 25.5 Å². The van der Waals surface area contributed by atoms with Gasteiger partial charge in [-0.05, 0) is 103 Å². The summed E-state index contributed by atoms with van der Waals surface area (Å²) in [6, 6.07) is 40.2. The van der Waals surface area contributed by atoms with E-state index in [0.29, 0.717) is 5.71 Å². The Hall–Kier alpha value is -5.22. The van der Waals surface area contributed by atoms with E-state index in [4.69, 9.17) is 14.4 Å². The number of fused-ring (bicyclic) bond motifs is 3. The molecule has 0 atom stereocenters. The summed E-state index contributed by atoms with van der Waals surface area (Å²) in [6.07, 6.45) is 4.91. The molecule has 0 aliphatic carbocycles. The SMILES string of the molecule is Cc1c[c-]c(-c2cc(C)c(C)cn2)cc1.Cc1cc(-c2[c-]ccc3c2oc2nc(-c4c(C)ccc(-c5ccccc5)c4C)ccc23)ncc1CC(C)(C)C.[Ir]. The number of aromatic nitrogens is 3. The summed E-state index contributed by atoms with van der Waals surface area (Å²) in [6.45, 7) is 19.5. The maximum atomic E-state index is 6.46. The summed E-state index contributed by atoms with van der Waals surface area (Å²) in [5.41, 5.74) is 18.6. The predicted molar refractivity (Wildman–Crippen MR) is 225 cm³/mol. The fourth-order valence-electron chi connectivity index (χ4n) is 7.03. The molecule has 4 aromatic heterocycles. The molecular weight excluding hydrogens is 851 g/mol. The van der Waals surface area contributed by atoms with E-state index in [1.807, 2.05) is 30.6 Å². The van der Waals surface area contributed by atoms with Crippen molar-refractivity contribution in [2.24, 2.45) is 5.41 Å². The zero-order valence-electron chi connectivity index (χ0n) is 33.2. The van der Waals surface area contributed by atoms with Crippen molar-refractivity contribution in [2.75, 3.05) is 0 Å². The van der Waals surface area contributed by atoms with Gasteiger partial charge >= 0.3 is 0 Å². The Morgan fingerprint density at radius 3 is 2.09 bits per heavy atom. The molecule has 5 heteroatoms. The first-order valence-corrected chi connectivity index (χ1v) is 18.6. The Morgan fingerprint density at radius 1 is 0.655 bits per heavy atom. The molecule has 4 nitrogen and oxygen atoms in total. The van der Waals surface area contributed by atoms with Crippen molar-refractivity contribution in [3.63, 3.8) is 0 Å². The van der Waals surface area contributed by atoms with Crippen LogP contribution in [0.4, 0.5) is 0 Å². The normalized spacial score (nSPS) is 11.3. The summed E-state index contributed by atoms with van der Waals surface area (Å²) < 4.78 is 6.46. The molecule has 0 bridgehead atoms. The zero-order valence-corrected chi connectivity index (χ0v) is 35.6. The second kappa shape index (κ2) is 16.3. The summed E-state index contributed by atoms with van der Waals surface area (Å²) in [5.74, 6) is 0. The second-order valence-corrected chi connectivity index (χ2v) is 15.7. The van der Waals surface area contributed by atoms with Gasteiger partial charge in [-0.1, -0.05) is 104 Å². The Labute approximate surface area is 339 Å². The summed E-state index contributed by atoms with van der Waals surface area (Å²) in [7, 11) is 0. The molecule has 0 unspecified atom stereocenters. The van der Waals surface area contributed by atoms with Gasteiger partial charge in [0.05, 0.1) is 11.3 Å². The topological polar surface area (TPSA) is 51.8 Å². The molecule has 8 rings (SSSR count). The number of hydrogen-bond acceptors (Lipinski definition) is 4. The van der Waals surface area contributed by atoms with Gasteiger partial charge in [0.1, 0.15) is 0 Å². The fourth-order valence-corrected chi connectivity index (χ4v) is 7.03. The number of rotatable bonds is 5. The first kappa shape index (κ1) is 39.5. The Morgan fingerprint density at radius 2 is 1.40 bits per heavy atom. The van der Waals surface area contributed by atoms with Gasteiger partial charge in [0, 0.05) is 43.4 Å². The van der Waals surface area contributed by atoms with Crippen molar-refractivity contribution in [1.82, 2.24) is 15.0 Å². The molecule has 1 radical (unpaired) electrons. The predicted octanol–water partition coefficient (Wildman–Crippen LogP) is 13.2. The van der Waals surface area contributed by atoms with Crippen molar-refractivity contribution >= 4 is 22.1 Å².